The highest BCUT2D eigenvalue weighted by Gasteiger charge is 2.41. The molecule has 1 heterocycles. The van der Waals surface area contributed by atoms with E-state index in [-0.39, 0.29) is 12.5 Å². The molecule has 90 valence electrons. The fourth-order valence-corrected chi connectivity index (χ4v) is 2.00. The molecule has 3 N–H and O–H groups in total. The molecule has 0 aromatic heterocycles. The Morgan fingerprint density at radius 2 is 2.06 bits per heavy atom. The topological polar surface area (TPSA) is 83.6 Å². The lowest BCUT2D eigenvalue weighted by Gasteiger charge is -2.15. The molecule has 1 aromatic carbocycles. The lowest BCUT2D eigenvalue weighted by Crippen LogP contribution is -2.38. The molecule has 1 fully saturated rings. The monoisotopic (exact) mass is 234 g/mol. The quantitative estimate of drug-likeness (QED) is 0.774. The minimum absolute atomic E-state index is 0.185. The number of hydrogen-bond acceptors (Lipinski definition) is 3. The molecule has 1 amide bonds. The number of likely N-dealkylation sites (tertiary alicyclic amines) is 1. The summed E-state index contributed by atoms with van der Waals surface area (Å²) in [4.78, 5) is 24.2. The van der Waals surface area contributed by atoms with E-state index in [9.17, 15) is 9.59 Å². The third kappa shape index (κ3) is 2.29. The first-order valence-electron chi connectivity index (χ1n) is 5.40. The first-order valence-corrected chi connectivity index (χ1v) is 5.40. The highest BCUT2D eigenvalue weighted by atomic mass is 16.4. The summed E-state index contributed by atoms with van der Waals surface area (Å²) in [6.45, 7) is 0.599. The van der Waals surface area contributed by atoms with Gasteiger partial charge in [-0.15, -0.1) is 0 Å². The van der Waals surface area contributed by atoms with E-state index >= 15 is 0 Å². The lowest BCUT2D eigenvalue weighted by molar-refractivity contribution is -0.142. The second kappa shape index (κ2) is 4.55. The van der Waals surface area contributed by atoms with Gasteiger partial charge in [-0.05, 0) is 5.56 Å². The van der Waals surface area contributed by atoms with Crippen LogP contribution in [0, 0.1) is 5.92 Å². The summed E-state index contributed by atoms with van der Waals surface area (Å²) >= 11 is 0. The Kier molecular flexibility index (Phi) is 3.10. The molecular weight excluding hydrogens is 220 g/mol. The van der Waals surface area contributed by atoms with Crippen LogP contribution in [0.3, 0.4) is 0 Å². The summed E-state index contributed by atoms with van der Waals surface area (Å²) in [7, 11) is 0. The maximum absolute atomic E-state index is 11.8. The smallest absolute Gasteiger partial charge is 0.310 e. The molecule has 1 aliphatic rings. The van der Waals surface area contributed by atoms with Crippen LogP contribution in [0.5, 0.6) is 0 Å². The summed E-state index contributed by atoms with van der Waals surface area (Å²) in [5.74, 6) is -2.10. The van der Waals surface area contributed by atoms with Crippen molar-refractivity contribution in [2.24, 2.45) is 11.7 Å². The second-order valence-corrected chi connectivity index (χ2v) is 4.17. The Hall–Kier alpha value is -1.88. The number of aliphatic carboxylic acids is 1. The van der Waals surface area contributed by atoms with Crippen LogP contribution in [0.2, 0.25) is 0 Å². The molecule has 1 saturated heterocycles. The van der Waals surface area contributed by atoms with E-state index in [1.165, 1.54) is 4.90 Å². The summed E-state index contributed by atoms with van der Waals surface area (Å²) < 4.78 is 0. The van der Waals surface area contributed by atoms with Gasteiger partial charge in [0, 0.05) is 13.1 Å². The van der Waals surface area contributed by atoms with E-state index in [1.54, 1.807) is 0 Å². The van der Waals surface area contributed by atoms with Gasteiger partial charge >= 0.3 is 5.97 Å². The molecule has 17 heavy (non-hydrogen) atoms. The average molecular weight is 234 g/mol. The zero-order chi connectivity index (χ0) is 12.4. The van der Waals surface area contributed by atoms with Crippen molar-refractivity contribution in [2.45, 2.75) is 12.6 Å². The Bertz CT molecular complexity index is 433. The molecule has 5 heteroatoms. The van der Waals surface area contributed by atoms with Gasteiger partial charge in [-0.3, -0.25) is 9.59 Å². The highest BCUT2D eigenvalue weighted by Crippen LogP contribution is 2.19. The van der Waals surface area contributed by atoms with Crippen LogP contribution >= 0.6 is 0 Å². The molecule has 5 nitrogen and oxygen atoms in total. The van der Waals surface area contributed by atoms with E-state index in [2.05, 4.69) is 0 Å². The molecule has 2 atom stereocenters. The van der Waals surface area contributed by atoms with Gasteiger partial charge in [0.25, 0.3) is 0 Å². The van der Waals surface area contributed by atoms with Gasteiger partial charge in [0.05, 0.1) is 12.0 Å². The van der Waals surface area contributed by atoms with Crippen molar-refractivity contribution < 1.29 is 14.7 Å². The SMILES string of the molecule is NC1C(=O)N(Cc2ccccc2)CC1C(=O)O. The van der Waals surface area contributed by atoms with Gasteiger partial charge in [-0.2, -0.15) is 0 Å². The maximum atomic E-state index is 11.8. The van der Waals surface area contributed by atoms with Crippen LogP contribution < -0.4 is 5.73 Å². The van der Waals surface area contributed by atoms with Gasteiger partial charge in [-0.1, -0.05) is 30.3 Å². The largest absolute Gasteiger partial charge is 0.481 e. The number of rotatable bonds is 3. The third-order valence-electron chi connectivity index (χ3n) is 2.98. The molecule has 0 spiro atoms. The molecule has 0 saturated carbocycles. The zero-order valence-corrected chi connectivity index (χ0v) is 9.24. The first-order chi connectivity index (χ1) is 8.09. The highest BCUT2D eigenvalue weighted by molar-refractivity contribution is 5.91. The van der Waals surface area contributed by atoms with Crippen molar-refractivity contribution in [1.29, 1.82) is 0 Å². The Morgan fingerprint density at radius 3 is 2.59 bits per heavy atom. The van der Waals surface area contributed by atoms with Crippen molar-refractivity contribution in [3.8, 4) is 0 Å². The molecule has 2 unspecified atom stereocenters. The zero-order valence-electron chi connectivity index (χ0n) is 9.24. The maximum Gasteiger partial charge on any atom is 0.310 e. The van der Waals surface area contributed by atoms with Crippen LogP contribution in [0.25, 0.3) is 0 Å². The fraction of sp³-hybridized carbons (Fsp3) is 0.333. The number of nitrogens with two attached hydrogens (primary N) is 1. The number of amides is 1. The van der Waals surface area contributed by atoms with Gasteiger partial charge in [0.15, 0.2) is 0 Å². The van der Waals surface area contributed by atoms with Crippen molar-refractivity contribution in [2.75, 3.05) is 6.54 Å². The minimum Gasteiger partial charge on any atom is -0.481 e. The Morgan fingerprint density at radius 1 is 1.41 bits per heavy atom. The molecule has 2 rings (SSSR count). The van der Waals surface area contributed by atoms with Crippen molar-refractivity contribution in [1.82, 2.24) is 4.90 Å². The predicted molar refractivity (Wildman–Crippen MR) is 61.0 cm³/mol. The van der Waals surface area contributed by atoms with Crippen molar-refractivity contribution in [3.05, 3.63) is 35.9 Å². The first kappa shape index (κ1) is 11.6. The van der Waals surface area contributed by atoms with Gasteiger partial charge in [0.2, 0.25) is 5.91 Å². The number of benzene rings is 1. The fourth-order valence-electron chi connectivity index (χ4n) is 2.00. The van der Waals surface area contributed by atoms with Gasteiger partial charge in [-0.25, -0.2) is 0 Å². The molecule has 0 radical (unpaired) electrons. The number of carbonyl (C=O) groups excluding carboxylic acids is 1. The Balaban J connectivity index is 2.09. The van der Waals surface area contributed by atoms with Gasteiger partial charge in [0.1, 0.15) is 0 Å². The molecule has 0 aliphatic carbocycles. The van der Waals surface area contributed by atoms with Crippen molar-refractivity contribution in [3.63, 3.8) is 0 Å². The van der Waals surface area contributed by atoms with Crippen LogP contribution in [0.15, 0.2) is 30.3 Å². The number of nitrogens with zero attached hydrogens (tertiary/aromatic N) is 1. The lowest BCUT2D eigenvalue weighted by atomic mass is 10.1. The van der Waals surface area contributed by atoms with Crippen LogP contribution in [-0.4, -0.2) is 34.5 Å². The summed E-state index contributed by atoms with van der Waals surface area (Å²) in [6, 6.07) is 8.52. The molecule has 0 bridgehead atoms. The third-order valence-corrected chi connectivity index (χ3v) is 2.98. The van der Waals surface area contributed by atoms with E-state index in [0.717, 1.165) is 5.56 Å². The van der Waals surface area contributed by atoms with E-state index in [4.69, 9.17) is 10.8 Å². The number of hydrogen-bond donors (Lipinski definition) is 2. The summed E-state index contributed by atoms with van der Waals surface area (Å²) in [5.41, 5.74) is 6.57. The van der Waals surface area contributed by atoms with Crippen LogP contribution in [-0.2, 0) is 16.1 Å². The van der Waals surface area contributed by atoms with E-state index < -0.39 is 17.9 Å². The van der Waals surface area contributed by atoms with E-state index in [0.29, 0.717) is 6.54 Å². The standard InChI is InChI=1S/C12H14N2O3/c13-10-9(12(16)17)7-14(11(10)15)6-8-4-2-1-3-5-8/h1-5,9-10H,6-7,13H2,(H,16,17). The normalized spacial score (nSPS) is 24.1. The predicted octanol–water partition coefficient (Wildman–Crippen LogP) is 0.0569. The number of carboxylic acids is 1. The van der Waals surface area contributed by atoms with Gasteiger partial charge < -0.3 is 15.7 Å². The van der Waals surface area contributed by atoms with E-state index in [1.807, 2.05) is 30.3 Å². The molecule has 1 aromatic rings. The Labute approximate surface area is 98.8 Å². The minimum atomic E-state index is -1.01. The van der Waals surface area contributed by atoms with Crippen molar-refractivity contribution >= 4 is 11.9 Å². The molecular formula is C12H14N2O3. The summed E-state index contributed by atoms with van der Waals surface area (Å²) in [5, 5.41) is 8.93. The average Bonchev–Trinajstić information content (AvgIpc) is 2.59. The second-order valence-electron chi connectivity index (χ2n) is 4.17. The number of carboxylic acid groups (broad SMARTS) is 1. The van der Waals surface area contributed by atoms with Crippen LogP contribution in [0.4, 0.5) is 0 Å². The number of carbonyl (C=O) groups is 2. The molecule has 1 aliphatic heterocycles. The van der Waals surface area contributed by atoms with Crippen LogP contribution in [0.1, 0.15) is 5.56 Å². The summed E-state index contributed by atoms with van der Waals surface area (Å²) in [6.07, 6.45) is 0.